The normalized spacial score (nSPS) is 16.3. The predicted octanol–water partition coefficient (Wildman–Crippen LogP) is 2.46. The molecule has 214 valence electrons. The fraction of sp³-hybridized carbons (Fsp3) is 0.462. The molecule has 13 nitrogen and oxygen atoms in total. The molecule has 2 atom stereocenters. The number of rotatable bonds is 14. The summed E-state index contributed by atoms with van der Waals surface area (Å²) in [5.41, 5.74) is 0. The van der Waals surface area contributed by atoms with Crippen LogP contribution in [0.1, 0.15) is 0 Å². The van der Waals surface area contributed by atoms with Crippen molar-refractivity contribution in [3.63, 3.8) is 0 Å². The molecule has 0 amide bonds. The van der Waals surface area contributed by atoms with Crippen molar-refractivity contribution in [2.45, 2.75) is 0 Å². The largest absolute Gasteiger partial charge is 0.493 e. The third-order valence-electron chi connectivity index (χ3n) is 5.63. The summed E-state index contributed by atoms with van der Waals surface area (Å²) in [5, 5.41) is 0. The van der Waals surface area contributed by atoms with Gasteiger partial charge in [0.25, 0.3) is 0 Å². The smallest absolute Gasteiger partial charge is 0.317 e. The average molecular weight is 553 g/mol. The van der Waals surface area contributed by atoms with Gasteiger partial charge in [0, 0.05) is 38.5 Å². The molecule has 1 aliphatic heterocycles. The standard InChI is InChI=1S/C26H32O13/c1-29-13-36-23-19(31-3)7-15(8-20(23)32-4)38-25(27)17-11-35-12-18(17)26(28)39-16-9-21(33-5)24(37-14-30-2)22(10-16)34-6/h7-10,17-18H,11-14H2,1-6H3. The van der Waals surface area contributed by atoms with Crippen LogP contribution in [-0.2, 0) is 23.8 Å². The van der Waals surface area contributed by atoms with Crippen LogP contribution in [0, 0.1) is 11.8 Å². The first kappa shape index (κ1) is 29.6. The Kier molecular flexibility index (Phi) is 10.8. The number of carbonyl (C=O) groups is 2. The summed E-state index contributed by atoms with van der Waals surface area (Å²) in [6, 6.07) is 5.83. The summed E-state index contributed by atoms with van der Waals surface area (Å²) in [5.74, 6) is -1.40. The average Bonchev–Trinajstić information content (AvgIpc) is 3.45. The molecule has 1 saturated heterocycles. The van der Waals surface area contributed by atoms with Crippen LogP contribution in [0.2, 0.25) is 0 Å². The topological polar surface area (TPSA) is 136 Å². The summed E-state index contributed by atoms with van der Waals surface area (Å²) < 4.78 is 58.8. The zero-order valence-corrected chi connectivity index (χ0v) is 22.6. The van der Waals surface area contributed by atoms with Gasteiger partial charge in [-0.3, -0.25) is 9.59 Å². The maximum absolute atomic E-state index is 13.1. The first-order chi connectivity index (χ1) is 18.9. The van der Waals surface area contributed by atoms with Crippen molar-refractivity contribution in [2.24, 2.45) is 11.8 Å². The fourth-order valence-electron chi connectivity index (χ4n) is 3.75. The lowest BCUT2D eigenvalue weighted by Gasteiger charge is -2.19. The lowest BCUT2D eigenvalue weighted by molar-refractivity contribution is -0.148. The van der Waals surface area contributed by atoms with E-state index in [1.807, 2.05) is 0 Å². The highest BCUT2D eigenvalue weighted by atomic mass is 16.7. The summed E-state index contributed by atoms with van der Waals surface area (Å²) in [4.78, 5) is 26.1. The van der Waals surface area contributed by atoms with E-state index in [9.17, 15) is 9.59 Å². The van der Waals surface area contributed by atoms with Crippen molar-refractivity contribution in [3.05, 3.63) is 24.3 Å². The van der Waals surface area contributed by atoms with E-state index in [0.29, 0.717) is 0 Å². The molecule has 0 bridgehead atoms. The number of hydrogen-bond acceptors (Lipinski definition) is 13. The zero-order chi connectivity index (χ0) is 28.4. The van der Waals surface area contributed by atoms with Gasteiger partial charge in [0.1, 0.15) is 11.5 Å². The molecule has 3 rings (SSSR count). The van der Waals surface area contributed by atoms with E-state index >= 15 is 0 Å². The molecular weight excluding hydrogens is 520 g/mol. The second kappa shape index (κ2) is 14.3. The minimum Gasteiger partial charge on any atom is -0.493 e. The summed E-state index contributed by atoms with van der Waals surface area (Å²) in [7, 11) is 8.65. The third-order valence-corrected chi connectivity index (χ3v) is 5.63. The SMILES string of the molecule is COCOc1c(OC)cc(OC(=O)C2COCC2C(=O)Oc2cc(OC)c(OCOC)c(OC)c2)cc1OC. The molecule has 0 saturated carbocycles. The van der Waals surface area contributed by atoms with Crippen LogP contribution in [0.25, 0.3) is 0 Å². The van der Waals surface area contributed by atoms with Gasteiger partial charge >= 0.3 is 11.9 Å². The highest BCUT2D eigenvalue weighted by Gasteiger charge is 2.42. The van der Waals surface area contributed by atoms with E-state index in [1.54, 1.807) is 0 Å². The van der Waals surface area contributed by atoms with E-state index in [4.69, 9.17) is 52.1 Å². The van der Waals surface area contributed by atoms with Crippen LogP contribution in [0.4, 0.5) is 0 Å². The van der Waals surface area contributed by atoms with Crippen molar-refractivity contribution in [3.8, 4) is 46.0 Å². The Morgan fingerprint density at radius 2 is 0.974 bits per heavy atom. The third kappa shape index (κ3) is 7.13. The van der Waals surface area contributed by atoms with Crippen LogP contribution in [-0.4, -0.2) is 81.4 Å². The fourth-order valence-corrected chi connectivity index (χ4v) is 3.75. The molecule has 0 aliphatic carbocycles. The van der Waals surface area contributed by atoms with Crippen molar-refractivity contribution < 1.29 is 61.7 Å². The van der Waals surface area contributed by atoms with Crippen molar-refractivity contribution in [1.29, 1.82) is 0 Å². The van der Waals surface area contributed by atoms with Gasteiger partial charge in [-0.05, 0) is 0 Å². The Morgan fingerprint density at radius 3 is 1.26 bits per heavy atom. The Morgan fingerprint density at radius 1 is 0.641 bits per heavy atom. The highest BCUT2D eigenvalue weighted by molar-refractivity contribution is 5.85. The number of carbonyl (C=O) groups excluding carboxylic acids is 2. The molecule has 1 heterocycles. The van der Waals surface area contributed by atoms with Crippen LogP contribution in [0.15, 0.2) is 24.3 Å². The van der Waals surface area contributed by atoms with Gasteiger partial charge in [-0.15, -0.1) is 0 Å². The van der Waals surface area contributed by atoms with E-state index in [2.05, 4.69) is 0 Å². The lowest BCUT2D eigenvalue weighted by atomic mass is 9.96. The van der Waals surface area contributed by atoms with Crippen LogP contribution in [0.3, 0.4) is 0 Å². The second-order valence-corrected chi connectivity index (χ2v) is 8.01. The van der Waals surface area contributed by atoms with Gasteiger partial charge in [0.05, 0.1) is 53.5 Å². The maximum Gasteiger partial charge on any atom is 0.317 e. The predicted molar refractivity (Wildman–Crippen MR) is 133 cm³/mol. The molecule has 2 aromatic carbocycles. The Labute approximate surface area is 225 Å². The molecule has 2 aromatic rings. The molecule has 2 unspecified atom stereocenters. The molecule has 0 aromatic heterocycles. The van der Waals surface area contributed by atoms with E-state index < -0.39 is 23.8 Å². The number of ether oxygens (including phenoxy) is 11. The van der Waals surface area contributed by atoms with Gasteiger partial charge in [-0.1, -0.05) is 0 Å². The van der Waals surface area contributed by atoms with Gasteiger partial charge < -0.3 is 52.1 Å². The molecule has 1 fully saturated rings. The van der Waals surface area contributed by atoms with E-state index in [-0.39, 0.29) is 72.8 Å². The Hall–Kier alpha value is -3.94. The minimum absolute atomic E-state index is 0.0294. The highest BCUT2D eigenvalue weighted by Crippen LogP contribution is 2.43. The monoisotopic (exact) mass is 552 g/mol. The van der Waals surface area contributed by atoms with Crippen LogP contribution >= 0.6 is 0 Å². The number of benzene rings is 2. The van der Waals surface area contributed by atoms with E-state index in [0.717, 1.165) is 0 Å². The number of methoxy groups -OCH3 is 6. The Balaban J connectivity index is 1.76. The summed E-state index contributed by atoms with van der Waals surface area (Å²) in [6.07, 6.45) is 0. The van der Waals surface area contributed by atoms with Gasteiger partial charge in [0.15, 0.2) is 36.6 Å². The maximum atomic E-state index is 13.1. The molecule has 39 heavy (non-hydrogen) atoms. The molecule has 0 radical (unpaired) electrons. The zero-order valence-electron chi connectivity index (χ0n) is 22.6. The second-order valence-electron chi connectivity index (χ2n) is 8.01. The molecular formula is C26H32O13. The van der Waals surface area contributed by atoms with Gasteiger partial charge in [-0.2, -0.15) is 0 Å². The quantitative estimate of drug-likeness (QED) is 0.193. The number of esters is 2. The summed E-state index contributed by atoms with van der Waals surface area (Å²) >= 11 is 0. The van der Waals surface area contributed by atoms with Crippen molar-refractivity contribution in [2.75, 3.05) is 69.5 Å². The molecule has 1 aliphatic rings. The molecule has 0 N–H and O–H groups in total. The van der Waals surface area contributed by atoms with Crippen molar-refractivity contribution in [1.82, 2.24) is 0 Å². The lowest BCUT2D eigenvalue weighted by Crippen LogP contribution is -2.34. The Bertz CT molecular complexity index is 995. The first-order valence-electron chi connectivity index (χ1n) is 11.7. The first-order valence-corrected chi connectivity index (χ1v) is 11.7. The van der Waals surface area contributed by atoms with Crippen molar-refractivity contribution >= 4 is 11.9 Å². The van der Waals surface area contributed by atoms with Gasteiger partial charge in [-0.25, -0.2) is 0 Å². The van der Waals surface area contributed by atoms with Crippen LogP contribution in [0.5, 0.6) is 46.0 Å². The van der Waals surface area contributed by atoms with Gasteiger partial charge in [0.2, 0.25) is 11.5 Å². The number of hydrogen-bond donors (Lipinski definition) is 0. The summed E-state index contributed by atoms with van der Waals surface area (Å²) in [6.45, 7) is -0.151. The molecule has 13 heteroatoms. The van der Waals surface area contributed by atoms with E-state index in [1.165, 1.54) is 66.9 Å². The van der Waals surface area contributed by atoms with Crippen LogP contribution < -0.4 is 37.9 Å². The minimum atomic E-state index is -0.924. The molecule has 0 spiro atoms.